The second-order valence-corrected chi connectivity index (χ2v) is 7.28. The van der Waals surface area contributed by atoms with Gasteiger partial charge in [0.15, 0.2) is 0 Å². The van der Waals surface area contributed by atoms with E-state index in [2.05, 4.69) is 6.58 Å². The fourth-order valence-corrected chi connectivity index (χ4v) is 3.54. The predicted molar refractivity (Wildman–Crippen MR) is 115 cm³/mol. The van der Waals surface area contributed by atoms with E-state index in [1.807, 2.05) is 48.5 Å². The lowest BCUT2D eigenvalue weighted by Crippen LogP contribution is -2.27. The van der Waals surface area contributed by atoms with Crippen LogP contribution >= 0.6 is 0 Å². The molecule has 2 heterocycles. The van der Waals surface area contributed by atoms with Crippen LogP contribution in [0.4, 0.5) is 0 Å². The lowest BCUT2D eigenvalue weighted by molar-refractivity contribution is -0.163. The fourth-order valence-electron chi connectivity index (χ4n) is 3.54. The van der Waals surface area contributed by atoms with E-state index in [9.17, 15) is 9.90 Å². The van der Waals surface area contributed by atoms with Crippen molar-refractivity contribution < 1.29 is 28.5 Å². The minimum atomic E-state index is -0.632. The maximum absolute atomic E-state index is 12.5. The number of para-hydroxylation sites is 1. The molecule has 0 spiro atoms. The number of carbonyl (C=O) groups excluding carboxylic acids is 1. The van der Waals surface area contributed by atoms with Crippen molar-refractivity contribution >= 4 is 16.9 Å². The van der Waals surface area contributed by atoms with E-state index in [1.165, 1.54) is 6.08 Å². The van der Waals surface area contributed by atoms with E-state index < -0.39 is 12.3 Å². The fraction of sp³-hybridized carbons (Fsp3) is 0.240. The highest BCUT2D eigenvalue weighted by Gasteiger charge is 2.31. The molecule has 0 bridgehead atoms. The number of aliphatic hydroxyl groups is 1. The standard InChI is InChI=1S/C25H24O6/c1-2-11-28-25(27)23-12-19(21-16-29-22-6-4-3-5-20(21)22)13-24(31-23)30-15-18-9-7-17(14-26)8-10-18/h2-10,12,16,19,24,26H,1,11,13-15H2. The van der Waals surface area contributed by atoms with Crippen molar-refractivity contribution in [1.29, 1.82) is 0 Å². The average Bonchev–Trinajstić information content (AvgIpc) is 3.25. The monoisotopic (exact) mass is 420 g/mol. The number of fused-ring (bicyclic) bond motifs is 1. The molecule has 6 heteroatoms. The molecule has 0 amide bonds. The smallest absolute Gasteiger partial charge is 0.373 e. The van der Waals surface area contributed by atoms with Crippen LogP contribution in [0, 0.1) is 0 Å². The molecule has 2 atom stereocenters. The number of furan rings is 1. The lowest BCUT2D eigenvalue weighted by Gasteiger charge is -2.28. The SMILES string of the molecule is C=CCOC(=O)C1=CC(c2coc3ccccc23)CC(OCc2ccc(CO)cc2)O1. The molecule has 2 unspecified atom stereocenters. The minimum absolute atomic E-state index is 0.00577. The Kier molecular flexibility index (Phi) is 6.50. The number of benzene rings is 2. The molecule has 160 valence electrons. The van der Waals surface area contributed by atoms with E-state index in [4.69, 9.17) is 18.6 Å². The van der Waals surface area contributed by atoms with Crippen molar-refractivity contribution in [3.63, 3.8) is 0 Å². The Bertz CT molecular complexity index is 1080. The van der Waals surface area contributed by atoms with Gasteiger partial charge in [-0.3, -0.25) is 0 Å². The van der Waals surface area contributed by atoms with E-state index in [1.54, 1.807) is 12.3 Å². The highest BCUT2D eigenvalue weighted by molar-refractivity contribution is 5.87. The van der Waals surface area contributed by atoms with Gasteiger partial charge >= 0.3 is 5.97 Å². The molecule has 1 N–H and O–H groups in total. The Balaban J connectivity index is 1.54. The summed E-state index contributed by atoms with van der Waals surface area (Å²) in [5.74, 6) is -0.576. The molecule has 1 aromatic heterocycles. The van der Waals surface area contributed by atoms with Gasteiger partial charge in [0.1, 0.15) is 12.2 Å². The molecule has 2 aromatic carbocycles. The van der Waals surface area contributed by atoms with Crippen LogP contribution < -0.4 is 0 Å². The molecule has 0 saturated heterocycles. The van der Waals surface area contributed by atoms with Crippen LogP contribution in [0.2, 0.25) is 0 Å². The largest absolute Gasteiger partial charge is 0.464 e. The van der Waals surface area contributed by atoms with Crippen LogP contribution in [0.1, 0.15) is 29.0 Å². The summed E-state index contributed by atoms with van der Waals surface area (Å²) < 4.78 is 22.7. The average molecular weight is 420 g/mol. The van der Waals surface area contributed by atoms with Crippen molar-refractivity contribution in [3.05, 3.63) is 96.0 Å². The first-order valence-corrected chi connectivity index (χ1v) is 10.1. The molecule has 0 radical (unpaired) electrons. The summed E-state index contributed by atoms with van der Waals surface area (Å²) in [4.78, 5) is 12.5. The third-order valence-corrected chi connectivity index (χ3v) is 5.14. The van der Waals surface area contributed by atoms with Gasteiger partial charge in [-0.05, 0) is 23.3 Å². The van der Waals surface area contributed by atoms with Crippen LogP contribution in [0.5, 0.6) is 0 Å². The molecular formula is C25H24O6. The summed E-state index contributed by atoms with van der Waals surface area (Å²) >= 11 is 0. The third-order valence-electron chi connectivity index (χ3n) is 5.14. The van der Waals surface area contributed by atoms with Gasteiger partial charge < -0.3 is 23.7 Å². The van der Waals surface area contributed by atoms with Crippen molar-refractivity contribution in [2.45, 2.75) is 31.8 Å². The topological polar surface area (TPSA) is 78.1 Å². The molecule has 4 rings (SSSR count). The van der Waals surface area contributed by atoms with Crippen LogP contribution in [0.3, 0.4) is 0 Å². The molecule has 0 fully saturated rings. The van der Waals surface area contributed by atoms with Gasteiger partial charge in [-0.25, -0.2) is 4.79 Å². The van der Waals surface area contributed by atoms with E-state index in [0.29, 0.717) is 13.0 Å². The number of aliphatic hydroxyl groups excluding tert-OH is 1. The van der Waals surface area contributed by atoms with Gasteiger partial charge in [0.2, 0.25) is 12.0 Å². The Morgan fingerprint density at radius 1 is 1.16 bits per heavy atom. The van der Waals surface area contributed by atoms with Gasteiger partial charge in [0, 0.05) is 23.3 Å². The molecule has 0 aliphatic carbocycles. The predicted octanol–water partition coefficient (Wildman–Crippen LogP) is 4.59. The van der Waals surface area contributed by atoms with Crippen LogP contribution in [0.15, 0.2) is 83.7 Å². The molecule has 0 saturated carbocycles. The first-order valence-electron chi connectivity index (χ1n) is 10.1. The second kappa shape index (κ2) is 9.64. The molecule has 31 heavy (non-hydrogen) atoms. The van der Waals surface area contributed by atoms with Crippen molar-refractivity contribution in [3.8, 4) is 0 Å². The summed E-state index contributed by atoms with van der Waals surface area (Å²) in [6.45, 7) is 3.97. The molecular weight excluding hydrogens is 396 g/mol. The highest BCUT2D eigenvalue weighted by atomic mass is 16.7. The normalized spacial score (nSPS) is 18.3. The summed E-state index contributed by atoms with van der Waals surface area (Å²) in [7, 11) is 0. The number of hydrogen-bond acceptors (Lipinski definition) is 6. The van der Waals surface area contributed by atoms with Crippen molar-refractivity contribution in [2.24, 2.45) is 0 Å². The van der Waals surface area contributed by atoms with Crippen LogP contribution in [-0.2, 0) is 32.2 Å². The molecule has 6 nitrogen and oxygen atoms in total. The summed E-state index contributed by atoms with van der Waals surface area (Å²) in [6, 6.07) is 15.2. The summed E-state index contributed by atoms with van der Waals surface area (Å²) in [6.07, 6.45) is 4.88. The first-order chi connectivity index (χ1) is 15.2. The Labute approximate surface area is 180 Å². The number of carbonyl (C=O) groups is 1. The van der Waals surface area contributed by atoms with Crippen molar-refractivity contribution in [1.82, 2.24) is 0 Å². The molecule has 1 aliphatic heterocycles. The Hall–Kier alpha value is -3.35. The number of allylic oxidation sites excluding steroid dienone is 1. The van der Waals surface area contributed by atoms with Gasteiger partial charge in [0.05, 0.1) is 19.5 Å². The number of ether oxygens (including phenoxy) is 3. The van der Waals surface area contributed by atoms with E-state index in [-0.39, 0.29) is 24.9 Å². The maximum Gasteiger partial charge on any atom is 0.373 e. The number of esters is 1. The zero-order valence-electron chi connectivity index (χ0n) is 17.0. The Morgan fingerprint density at radius 3 is 2.71 bits per heavy atom. The maximum atomic E-state index is 12.5. The lowest BCUT2D eigenvalue weighted by atomic mass is 9.92. The third kappa shape index (κ3) is 4.87. The number of rotatable bonds is 8. The van der Waals surface area contributed by atoms with Crippen molar-refractivity contribution in [2.75, 3.05) is 6.61 Å². The van der Waals surface area contributed by atoms with Crippen LogP contribution in [-0.4, -0.2) is 24.0 Å². The van der Waals surface area contributed by atoms with Gasteiger partial charge in [-0.1, -0.05) is 55.1 Å². The summed E-state index contributed by atoms with van der Waals surface area (Å²) in [5.41, 5.74) is 3.53. The highest BCUT2D eigenvalue weighted by Crippen LogP contribution is 2.36. The molecule has 1 aliphatic rings. The van der Waals surface area contributed by atoms with Crippen LogP contribution in [0.25, 0.3) is 11.0 Å². The first kappa shape index (κ1) is 20.9. The van der Waals surface area contributed by atoms with E-state index >= 15 is 0 Å². The number of hydrogen-bond donors (Lipinski definition) is 1. The Morgan fingerprint density at radius 2 is 1.94 bits per heavy atom. The molecule has 3 aromatic rings. The quantitative estimate of drug-likeness (QED) is 0.424. The van der Waals surface area contributed by atoms with Gasteiger partial charge in [-0.2, -0.15) is 0 Å². The summed E-state index contributed by atoms with van der Waals surface area (Å²) in [5, 5.41) is 10.2. The van der Waals surface area contributed by atoms with Gasteiger partial charge in [-0.15, -0.1) is 0 Å². The second-order valence-electron chi connectivity index (χ2n) is 7.28. The van der Waals surface area contributed by atoms with Gasteiger partial charge in [0.25, 0.3) is 0 Å². The minimum Gasteiger partial charge on any atom is -0.464 e. The van der Waals surface area contributed by atoms with E-state index in [0.717, 1.165) is 27.7 Å². The zero-order valence-corrected chi connectivity index (χ0v) is 17.0. The zero-order chi connectivity index (χ0) is 21.6.